The number of hydrogen-bond acceptors (Lipinski definition) is 4. The first-order valence-electron chi connectivity index (χ1n) is 8.12. The molecule has 0 saturated carbocycles. The largest absolute Gasteiger partial charge is 0.340 e. The summed E-state index contributed by atoms with van der Waals surface area (Å²) in [6.45, 7) is 0.586. The summed E-state index contributed by atoms with van der Waals surface area (Å²) < 4.78 is 53.3. The van der Waals surface area contributed by atoms with Gasteiger partial charge in [0.2, 0.25) is 15.9 Å². The van der Waals surface area contributed by atoms with Crippen LogP contribution in [0.15, 0.2) is 39.9 Å². The maximum atomic E-state index is 13.8. The summed E-state index contributed by atoms with van der Waals surface area (Å²) in [5, 5.41) is 3.94. The number of halogens is 2. The molecule has 0 spiro atoms. The fourth-order valence-electron chi connectivity index (χ4n) is 2.84. The van der Waals surface area contributed by atoms with E-state index in [2.05, 4.69) is 0 Å². The molecule has 0 aliphatic carbocycles. The van der Waals surface area contributed by atoms with Gasteiger partial charge in [0, 0.05) is 32.6 Å². The number of aryl methyl sites for hydroxylation is 1. The van der Waals surface area contributed by atoms with Crippen LogP contribution in [0.4, 0.5) is 8.78 Å². The third kappa shape index (κ3) is 4.11. The minimum absolute atomic E-state index is 0.0369. The first kappa shape index (κ1) is 18.9. The minimum Gasteiger partial charge on any atom is -0.340 e. The van der Waals surface area contributed by atoms with Gasteiger partial charge in [0.25, 0.3) is 0 Å². The van der Waals surface area contributed by atoms with Gasteiger partial charge in [0.05, 0.1) is 0 Å². The molecule has 1 aromatic heterocycles. The van der Waals surface area contributed by atoms with Gasteiger partial charge < -0.3 is 4.90 Å². The lowest BCUT2D eigenvalue weighted by molar-refractivity contribution is -0.132. The Hall–Kier alpha value is -1.84. The van der Waals surface area contributed by atoms with Gasteiger partial charge >= 0.3 is 0 Å². The molecule has 1 saturated heterocycles. The smallest absolute Gasteiger partial charge is 0.246 e. The molecule has 26 heavy (non-hydrogen) atoms. The van der Waals surface area contributed by atoms with Gasteiger partial charge in [-0.3, -0.25) is 4.79 Å². The van der Waals surface area contributed by atoms with Crippen molar-refractivity contribution in [2.24, 2.45) is 0 Å². The van der Waals surface area contributed by atoms with Crippen molar-refractivity contribution in [3.8, 4) is 0 Å². The van der Waals surface area contributed by atoms with E-state index in [1.54, 1.807) is 16.2 Å². The third-order valence-corrected chi connectivity index (χ3v) is 6.96. The van der Waals surface area contributed by atoms with Crippen LogP contribution in [-0.4, -0.2) is 49.7 Å². The highest BCUT2D eigenvalue weighted by molar-refractivity contribution is 7.89. The van der Waals surface area contributed by atoms with Crippen molar-refractivity contribution < 1.29 is 22.0 Å². The second-order valence-corrected chi connectivity index (χ2v) is 8.68. The van der Waals surface area contributed by atoms with E-state index >= 15 is 0 Å². The van der Waals surface area contributed by atoms with E-state index in [1.165, 1.54) is 0 Å². The standard InChI is InChI=1S/C17H18F2N2O3S2/c18-14-2-3-15(19)16(11-14)26(23,24)21-8-6-20(7-9-21)17(22)4-1-13-5-10-25-12-13/h2-3,5,10-12H,1,4,6-9H2. The first-order valence-corrected chi connectivity index (χ1v) is 10.5. The molecule has 3 rings (SSSR count). The van der Waals surface area contributed by atoms with Crippen molar-refractivity contribution in [2.75, 3.05) is 26.2 Å². The summed E-state index contributed by atoms with van der Waals surface area (Å²) in [7, 11) is -4.13. The number of thiophene rings is 1. The molecule has 0 atom stereocenters. The first-order chi connectivity index (χ1) is 12.4. The summed E-state index contributed by atoms with van der Waals surface area (Å²) in [4.78, 5) is 13.2. The molecule has 0 N–H and O–H groups in total. The highest BCUT2D eigenvalue weighted by Gasteiger charge is 2.32. The van der Waals surface area contributed by atoms with Crippen LogP contribution in [0.1, 0.15) is 12.0 Å². The Morgan fingerprint density at radius 2 is 1.85 bits per heavy atom. The number of piperazine rings is 1. The SMILES string of the molecule is O=C(CCc1ccsc1)N1CCN(S(=O)(=O)c2cc(F)ccc2F)CC1. The van der Waals surface area contributed by atoms with E-state index in [0.29, 0.717) is 18.9 Å². The molecule has 0 radical (unpaired) electrons. The second-order valence-electron chi connectivity index (χ2n) is 5.99. The number of sulfonamides is 1. The molecule has 1 aliphatic rings. The summed E-state index contributed by atoms with van der Waals surface area (Å²) in [6.07, 6.45) is 1.01. The predicted octanol–water partition coefficient (Wildman–Crippen LogP) is 2.49. The second kappa shape index (κ2) is 7.81. The molecule has 9 heteroatoms. The van der Waals surface area contributed by atoms with Gasteiger partial charge in [-0.15, -0.1) is 0 Å². The lowest BCUT2D eigenvalue weighted by Crippen LogP contribution is -2.50. The quantitative estimate of drug-likeness (QED) is 0.775. The molecule has 1 fully saturated rings. The average molecular weight is 400 g/mol. The Bertz CT molecular complexity index is 877. The fraction of sp³-hybridized carbons (Fsp3) is 0.353. The summed E-state index contributed by atoms with van der Waals surface area (Å²) in [6, 6.07) is 4.32. The molecule has 140 valence electrons. The molecule has 0 bridgehead atoms. The lowest BCUT2D eigenvalue weighted by atomic mass is 10.1. The zero-order valence-corrected chi connectivity index (χ0v) is 15.5. The number of rotatable bonds is 5. The number of carbonyl (C=O) groups is 1. The van der Waals surface area contributed by atoms with Crippen molar-refractivity contribution >= 4 is 27.3 Å². The van der Waals surface area contributed by atoms with E-state index < -0.39 is 26.6 Å². The number of amides is 1. The number of benzene rings is 1. The Balaban J connectivity index is 1.60. The van der Waals surface area contributed by atoms with Gasteiger partial charge in [-0.05, 0) is 47.0 Å². The van der Waals surface area contributed by atoms with Crippen LogP contribution >= 0.6 is 11.3 Å². The zero-order chi connectivity index (χ0) is 18.7. The van der Waals surface area contributed by atoms with E-state index in [-0.39, 0.29) is 32.1 Å². The van der Waals surface area contributed by atoms with Crippen molar-refractivity contribution in [1.82, 2.24) is 9.21 Å². The molecule has 1 amide bonds. The van der Waals surface area contributed by atoms with E-state index in [9.17, 15) is 22.0 Å². The van der Waals surface area contributed by atoms with Crippen molar-refractivity contribution in [3.05, 3.63) is 52.2 Å². The van der Waals surface area contributed by atoms with Crippen LogP contribution in [0.3, 0.4) is 0 Å². The summed E-state index contributed by atoms with van der Waals surface area (Å²) in [5.41, 5.74) is 1.10. The fourth-order valence-corrected chi connectivity index (χ4v) is 5.04. The molecule has 0 unspecified atom stereocenters. The molecule has 5 nitrogen and oxygen atoms in total. The Kier molecular flexibility index (Phi) is 5.69. The lowest BCUT2D eigenvalue weighted by Gasteiger charge is -2.34. The summed E-state index contributed by atoms with van der Waals surface area (Å²) in [5.74, 6) is -1.84. The van der Waals surface area contributed by atoms with E-state index in [4.69, 9.17) is 0 Å². The average Bonchev–Trinajstić information content (AvgIpc) is 3.15. The van der Waals surface area contributed by atoms with Gasteiger partial charge in [-0.1, -0.05) is 0 Å². The van der Waals surface area contributed by atoms with Crippen LogP contribution in [0.25, 0.3) is 0 Å². The molecule has 1 aliphatic heterocycles. The van der Waals surface area contributed by atoms with E-state index in [1.807, 2.05) is 16.8 Å². The number of hydrogen-bond donors (Lipinski definition) is 0. The van der Waals surface area contributed by atoms with Crippen LogP contribution in [0, 0.1) is 11.6 Å². The Labute approximate surface area is 154 Å². The minimum atomic E-state index is -4.13. The maximum absolute atomic E-state index is 13.8. The Morgan fingerprint density at radius 1 is 1.12 bits per heavy atom. The normalized spacial score (nSPS) is 16.0. The van der Waals surface area contributed by atoms with Crippen LogP contribution in [0.2, 0.25) is 0 Å². The van der Waals surface area contributed by atoms with Crippen molar-refractivity contribution in [3.63, 3.8) is 0 Å². The molecule has 2 heterocycles. The summed E-state index contributed by atoms with van der Waals surface area (Å²) >= 11 is 1.57. The molecular weight excluding hydrogens is 382 g/mol. The van der Waals surface area contributed by atoms with Crippen molar-refractivity contribution in [1.29, 1.82) is 0 Å². The third-order valence-electron chi connectivity index (χ3n) is 4.31. The monoisotopic (exact) mass is 400 g/mol. The van der Waals surface area contributed by atoms with Crippen LogP contribution < -0.4 is 0 Å². The maximum Gasteiger partial charge on any atom is 0.246 e. The van der Waals surface area contributed by atoms with Gasteiger partial charge in [0.15, 0.2) is 0 Å². The highest BCUT2D eigenvalue weighted by atomic mass is 32.2. The van der Waals surface area contributed by atoms with Gasteiger partial charge in [0.1, 0.15) is 16.5 Å². The van der Waals surface area contributed by atoms with E-state index in [0.717, 1.165) is 22.0 Å². The number of nitrogens with zero attached hydrogens (tertiary/aromatic N) is 2. The van der Waals surface area contributed by atoms with Crippen molar-refractivity contribution in [2.45, 2.75) is 17.7 Å². The molecular formula is C17H18F2N2O3S2. The zero-order valence-electron chi connectivity index (χ0n) is 13.9. The van der Waals surface area contributed by atoms with Crippen LogP contribution in [0.5, 0.6) is 0 Å². The topological polar surface area (TPSA) is 57.7 Å². The molecule has 2 aromatic rings. The predicted molar refractivity (Wildman–Crippen MR) is 94.3 cm³/mol. The highest BCUT2D eigenvalue weighted by Crippen LogP contribution is 2.22. The van der Waals surface area contributed by atoms with Crippen LogP contribution in [-0.2, 0) is 21.2 Å². The number of carbonyl (C=O) groups excluding carboxylic acids is 1. The van der Waals surface area contributed by atoms with Gasteiger partial charge in [-0.2, -0.15) is 15.6 Å². The Morgan fingerprint density at radius 3 is 2.50 bits per heavy atom. The van der Waals surface area contributed by atoms with Gasteiger partial charge in [-0.25, -0.2) is 17.2 Å². The molecule has 1 aromatic carbocycles.